The van der Waals surface area contributed by atoms with Gasteiger partial charge in [-0.15, -0.1) is 0 Å². The summed E-state index contributed by atoms with van der Waals surface area (Å²) in [6.07, 6.45) is 4.05. The first-order chi connectivity index (χ1) is 9.83. The second-order valence-corrected chi connectivity index (χ2v) is 4.91. The summed E-state index contributed by atoms with van der Waals surface area (Å²) in [7, 11) is 0. The molecule has 2 rings (SSSR count). The highest BCUT2D eigenvalue weighted by Gasteiger charge is 1.99. The minimum absolute atomic E-state index is 0.0607. The Morgan fingerprint density at radius 2 is 1.25 bits per heavy atom. The summed E-state index contributed by atoms with van der Waals surface area (Å²) in [6.45, 7) is -0.0607. The molecule has 0 aromatic heterocycles. The molecule has 0 atom stereocenters. The monoisotopic (exact) mass is 267 g/mol. The van der Waals surface area contributed by atoms with Crippen molar-refractivity contribution < 1.29 is 9.90 Å². The third-order valence-electron chi connectivity index (χ3n) is 3.42. The summed E-state index contributed by atoms with van der Waals surface area (Å²) in [6, 6.07) is 16.6. The van der Waals surface area contributed by atoms with Crippen molar-refractivity contribution in [2.24, 2.45) is 0 Å². The molecule has 20 heavy (non-hydrogen) atoms. The molecule has 2 aromatic rings. The average Bonchev–Trinajstić information content (AvgIpc) is 2.49. The Morgan fingerprint density at radius 3 is 1.70 bits per heavy atom. The van der Waals surface area contributed by atoms with Gasteiger partial charge in [0.2, 0.25) is 0 Å². The lowest BCUT2D eigenvalue weighted by Gasteiger charge is -2.05. The van der Waals surface area contributed by atoms with Gasteiger partial charge >= 0.3 is 0 Å². The number of aryl methyl sites for hydroxylation is 1. The zero-order valence-corrected chi connectivity index (χ0v) is 11.5. The van der Waals surface area contributed by atoms with Gasteiger partial charge < -0.3 is 4.79 Å². The Balaban J connectivity index is 2.03. The van der Waals surface area contributed by atoms with E-state index in [1.165, 1.54) is 16.7 Å². The highest BCUT2D eigenvalue weighted by atomic mass is 16.2. The fourth-order valence-corrected chi connectivity index (χ4v) is 2.24. The second kappa shape index (κ2) is 7.61. The minimum Gasteiger partial charge on any atom is -0.303 e. The predicted molar refractivity (Wildman–Crippen MR) is 80.1 cm³/mol. The van der Waals surface area contributed by atoms with E-state index in [4.69, 9.17) is 0 Å². The first kappa shape index (κ1) is 14.5. The van der Waals surface area contributed by atoms with E-state index in [0.29, 0.717) is 12.8 Å². The molecular formula is C18H19O2. The molecule has 103 valence electrons. The van der Waals surface area contributed by atoms with E-state index < -0.39 is 0 Å². The van der Waals surface area contributed by atoms with E-state index in [1.54, 1.807) is 0 Å². The molecule has 0 aliphatic heterocycles. The van der Waals surface area contributed by atoms with Crippen LogP contribution in [-0.4, -0.2) is 12.9 Å². The number of benzene rings is 2. The highest BCUT2D eigenvalue weighted by Crippen LogP contribution is 2.21. The van der Waals surface area contributed by atoms with Crippen molar-refractivity contribution in [1.29, 1.82) is 0 Å². The van der Waals surface area contributed by atoms with Gasteiger partial charge in [0.25, 0.3) is 0 Å². The maximum Gasteiger partial charge on any atom is 0.120 e. The van der Waals surface area contributed by atoms with Gasteiger partial charge in [0.05, 0.1) is 6.61 Å². The van der Waals surface area contributed by atoms with Crippen molar-refractivity contribution in [3.05, 3.63) is 59.7 Å². The summed E-state index contributed by atoms with van der Waals surface area (Å²) < 4.78 is 0. The molecule has 0 unspecified atom stereocenters. The Labute approximate surface area is 120 Å². The lowest BCUT2D eigenvalue weighted by atomic mass is 10.0. The normalized spacial score (nSPS) is 10.4. The standard InChI is InChI=1S/C18H19O2/c19-13-2-1-3-15-4-8-17(9-5-15)18-10-6-16(7-11-18)12-14-20/h4-11,13H,1-3,12,14H2. The van der Waals surface area contributed by atoms with Crippen LogP contribution in [-0.2, 0) is 22.7 Å². The summed E-state index contributed by atoms with van der Waals surface area (Å²) in [5.41, 5.74) is 4.70. The van der Waals surface area contributed by atoms with Gasteiger partial charge in [-0.05, 0) is 41.5 Å². The Morgan fingerprint density at radius 1 is 0.750 bits per heavy atom. The fourth-order valence-electron chi connectivity index (χ4n) is 2.24. The van der Waals surface area contributed by atoms with E-state index in [2.05, 4.69) is 36.4 Å². The fraction of sp³-hybridized carbons (Fsp3) is 0.278. The van der Waals surface area contributed by atoms with Gasteiger partial charge in [0.1, 0.15) is 6.29 Å². The number of aldehydes is 1. The van der Waals surface area contributed by atoms with Crippen LogP contribution in [0.3, 0.4) is 0 Å². The number of carbonyl (C=O) groups excluding carboxylic acids is 1. The van der Waals surface area contributed by atoms with Crippen LogP contribution < -0.4 is 0 Å². The largest absolute Gasteiger partial charge is 0.303 e. The molecule has 2 nitrogen and oxygen atoms in total. The zero-order chi connectivity index (χ0) is 14.2. The van der Waals surface area contributed by atoms with Crippen LogP contribution in [0, 0.1) is 0 Å². The van der Waals surface area contributed by atoms with Crippen molar-refractivity contribution in [1.82, 2.24) is 0 Å². The van der Waals surface area contributed by atoms with Crippen LogP contribution in [0.25, 0.3) is 11.1 Å². The molecule has 0 fully saturated rings. The molecule has 0 N–H and O–H groups in total. The Kier molecular flexibility index (Phi) is 5.51. The lowest BCUT2D eigenvalue weighted by molar-refractivity contribution is -0.107. The number of hydrogen-bond acceptors (Lipinski definition) is 1. The molecule has 0 spiro atoms. The van der Waals surface area contributed by atoms with Crippen LogP contribution >= 0.6 is 0 Å². The van der Waals surface area contributed by atoms with Crippen LogP contribution in [0.1, 0.15) is 24.0 Å². The Bertz CT molecular complexity index is 526. The third kappa shape index (κ3) is 4.04. The average molecular weight is 267 g/mol. The van der Waals surface area contributed by atoms with Gasteiger partial charge in [-0.2, -0.15) is 0 Å². The molecule has 2 heteroatoms. The molecule has 1 radical (unpaired) electrons. The number of rotatable bonds is 7. The van der Waals surface area contributed by atoms with Crippen molar-refractivity contribution in [3.63, 3.8) is 0 Å². The van der Waals surface area contributed by atoms with Crippen molar-refractivity contribution in [2.75, 3.05) is 6.61 Å². The Hall–Kier alpha value is -1.93. The van der Waals surface area contributed by atoms with E-state index >= 15 is 0 Å². The van der Waals surface area contributed by atoms with Crippen LogP contribution in [0.2, 0.25) is 0 Å². The van der Waals surface area contributed by atoms with E-state index in [0.717, 1.165) is 24.7 Å². The van der Waals surface area contributed by atoms with Gasteiger partial charge in [0.15, 0.2) is 0 Å². The second-order valence-electron chi connectivity index (χ2n) is 4.91. The van der Waals surface area contributed by atoms with Gasteiger partial charge in [-0.25, -0.2) is 5.11 Å². The third-order valence-corrected chi connectivity index (χ3v) is 3.42. The molecule has 0 saturated carbocycles. The molecule has 0 saturated heterocycles. The quantitative estimate of drug-likeness (QED) is 0.554. The van der Waals surface area contributed by atoms with E-state index in [9.17, 15) is 9.90 Å². The minimum atomic E-state index is -0.0607. The summed E-state index contributed by atoms with van der Waals surface area (Å²) >= 11 is 0. The van der Waals surface area contributed by atoms with Crippen LogP contribution in [0.4, 0.5) is 0 Å². The molecule has 0 bridgehead atoms. The molecule has 0 amide bonds. The molecule has 2 aromatic carbocycles. The SMILES string of the molecule is [O]CCc1ccc(-c2ccc(CCCC=O)cc2)cc1. The van der Waals surface area contributed by atoms with Gasteiger partial charge in [-0.1, -0.05) is 48.5 Å². The highest BCUT2D eigenvalue weighted by molar-refractivity contribution is 5.64. The van der Waals surface area contributed by atoms with E-state index in [-0.39, 0.29) is 6.61 Å². The van der Waals surface area contributed by atoms with Crippen LogP contribution in [0.5, 0.6) is 0 Å². The van der Waals surface area contributed by atoms with E-state index in [1.807, 2.05) is 12.1 Å². The van der Waals surface area contributed by atoms with Crippen molar-refractivity contribution >= 4 is 6.29 Å². The van der Waals surface area contributed by atoms with Crippen molar-refractivity contribution in [2.45, 2.75) is 25.7 Å². The topological polar surface area (TPSA) is 37.0 Å². The molecule has 0 heterocycles. The number of hydrogen-bond donors (Lipinski definition) is 0. The maximum absolute atomic E-state index is 10.6. The predicted octanol–water partition coefficient (Wildman–Crippen LogP) is 3.85. The zero-order valence-electron chi connectivity index (χ0n) is 11.5. The first-order valence-electron chi connectivity index (χ1n) is 7.03. The summed E-state index contributed by atoms with van der Waals surface area (Å²) in [4.78, 5) is 10.3. The number of unbranched alkanes of at least 4 members (excludes halogenated alkanes) is 1. The first-order valence-corrected chi connectivity index (χ1v) is 7.03. The summed E-state index contributed by atoms with van der Waals surface area (Å²) in [5, 5.41) is 10.6. The maximum atomic E-state index is 10.6. The molecular weight excluding hydrogens is 248 g/mol. The molecule has 0 aliphatic carbocycles. The summed E-state index contributed by atoms with van der Waals surface area (Å²) in [5.74, 6) is 0. The van der Waals surface area contributed by atoms with Gasteiger partial charge in [-0.3, -0.25) is 0 Å². The molecule has 0 aliphatic rings. The lowest BCUT2D eigenvalue weighted by Crippen LogP contribution is -1.89. The van der Waals surface area contributed by atoms with Crippen LogP contribution in [0.15, 0.2) is 48.5 Å². The number of carbonyl (C=O) groups is 1. The van der Waals surface area contributed by atoms with Crippen molar-refractivity contribution in [3.8, 4) is 11.1 Å². The van der Waals surface area contributed by atoms with Gasteiger partial charge in [0, 0.05) is 6.42 Å². The smallest absolute Gasteiger partial charge is 0.120 e.